The number of primary amides is 1. The summed E-state index contributed by atoms with van der Waals surface area (Å²) in [6.45, 7) is 1.77. The maximum Gasteiger partial charge on any atom is 0.269 e. The number of aromatic nitrogens is 4. The highest BCUT2D eigenvalue weighted by Crippen LogP contribution is 2.13. The number of nitrogens with two attached hydrogens (primary N) is 2. The summed E-state index contributed by atoms with van der Waals surface area (Å²) < 4.78 is 2.76. The molecule has 2 rings (SSSR count). The summed E-state index contributed by atoms with van der Waals surface area (Å²) in [4.78, 5) is 23.2. The zero-order chi connectivity index (χ0) is 14.9. The number of nitrogens with zero attached hydrogens (tertiary/aromatic N) is 4. The minimum atomic E-state index is -0.667. The molecule has 9 heteroatoms. The van der Waals surface area contributed by atoms with Crippen molar-refractivity contribution in [2.75, 3.05) is 11.1 Å². The average Bonchev–Trinajstić information content (AvgIpc) is 2.82. The van der Waals surface area contributed by atoms with Gasteiger partial charge in [0.2, 0.25) is 5.91 Å². The van der Waals surface area contributed by atoms with Crippen LogP contribution in [0.3, 0.4) is 0 Å². The first-order valence-corrected chi connectivity index (χ1v) is 5.80. The Hall–Kier alpha value is -2.84. The van der Waals surface area contributed by atoms with Gasteiger partial charge in [-0.05, 0) is 6.92 Å². The predicted octanol–water partition coefficient (Wildman–Crippen LogP) is -0.755. The Labute approximate surface area is 114 Å². The quantitative estimate of drug-likeness (QED) is 0.675. The molecule has 0 spiro atoms. The van der Waals surface area contributed by atoms with E-state index >= 15 is 0 Å². The zero-order valence-corrected chi connectivity index (χ0v) is 11.1. The van der Waals surface area contributed by atoms with Crippen LogP contribution in [0.1, 0.15) is 16.2 Å². The molecule has 0 fully saturated rings. The maximum absolute atomic E-state index is 11.9. The summed E-state index contributed by atoms with van der Waals surface area (Å²) in [6, 6.07) is 1.66. The minimum absolute atomic E-state index is 0.0177. The lowest BCUT2D eigenvalue weighted by molar-refractivity contribution is -0.116. The van der Waals surface area contributed by atoms with Crippen molar-refractivity contribution in [1.29, 1.82) is 0 Å². The smallest absolute Gasteiger partial charge is 0.269 e. The molecule has 106 valence electrons. The van der Waals surface area contributed by atoms with Gasteiger partial charge in [-0.3, -0.25) is 19.0 Å². The molecule has 2 amide bonds. The Morgan fingerprint density at radius 2 is 2.15 bits per heavy atom. The second-order valence-electron chi connectivity index (χ2n) is 4.31. The van der Waals surface area contributed by atoms with E-state index < -0.39 is 5.91 Å². The fraction of sp³-hybridized carbons (Fsp3) is 0.273. The third kappa shape index (κ3) is 2.60. The number of hydrogen-bond acceptors (Lipinski definition) is 5. The lowest BCUT2D eigenvalue weighted by Gasteiger charge is -2.06. The van der Waals surface area contributed by atoms with Crippen LogP contribution < -0.4 is 16.8 Å². The molecule has 0 aliphatic carbocycles. The van der Waals surface area contributed by atoms with Crippen LogP contribution in [-0.2, 0) is 18.4 Å². The average molecular weight is 277 g/mol. The van der Waals surface area contributed by atoms with Crippen molar-refractivity contribution in [3.8, 4) is 0 Å². The van der Waals surface area contributed by atoms with E-state index in [2.05, 4.69) is 15.5 Å². The zero-order valence-electron chi connectivity index (χ0n) is 11.1. The van der Waals surface area contributed by atoms with Crippen LogP contribution in [0.15, 0.2) is 12.3 Å². The van der Waals surface area contributed by atoms with Gasteiger partial charge in [0.25, 0.3) is 5.91 Å². The SMILES string of the molecule is Cc1cc(N)nn1CC(=O)Nc1cnn(C)c1C(N)=O. The summed E-state index contributed by atoms with van der Waals surface area (Å²) >= 11 is 0. The van der Waals surface area contributed by atoms with Gasteiger partial charge in [0.05, 0.1) is 11.9 Å². The Balaban J connectivity index is 2.13. The molecule has 0 unspecified atom stereocenters. The van der Waals surface area contributed by atoms with E-state index in [1.165, 1.54) is 15.6 Å². The highest BCUT2D eigenvalue weighted by molar-refractivity contribution is 6.01. The van der Waals surface area contributed by atoms with E-state index in [0.717, 1.165) is 5.69 Å². The number of aryl methyl sites for hydroxylation is 2. The van der Waals surface area contributed by atoms with Crippen LogP contribution in [0.5, 0.6) is 0 Å². The van der Waals surface area contributed by atoms with Crippen LogP contribution in [0.2, 0.25) is 0 Å². The van der Waals surface area contributed by atoms with Gasteiger partial charge in [0.1, 0.15) is 18.1 Å². The van der Waals surface area contributed by atoms with E-state index in [1.54, 1.807) is 20.0 Å². The third-order valence-electron chi connectivity index (χ3n) is 2.74. The molecule has 5 N–H and O–H groups in total. The number of nitrogen functional groups attached to an aromatic ring is 1. The Kier molecular flexibility index (Phi) is 3.42. The molecule has 0 aliphatic rings. The van der Waals surface area contributed by atoms with Crippen molar-refractivity contribution in [3.63, 3.8) is 0 Å². The molecule has 0 bridgehead atoms. The van der Waals surface area contributed by atoms with Gasteiger partial charge in [-0.1, -0.05) is 0 Å². The molecule has 0 saturated carbocycles. The molecule has 0 aromatic carbocycles. The van der Waals surface area contributed by atoms with Crippen LogP contribution in [0.4, 0.5) is 11.5 Å². The highest BCUT2D eigenvalue weighted by atomic mass is 16.2. The number of carbonyl (C=O) groups is 2. The summed E-state index contributed by atoms with van der Waals surface area (Å²) in [5.41, 5.74) is 11.9. The summed E-state index contributed by atoms with van der Waals surface area (Å²) in [7, 11) is 1.56. The van der Waals surface area contributed by atoms with Crippen molar-refractivity contribution in [3.05, 3.63) is 23.7 Å². The fourth-order valence-electron chi connectivity index (χ4n) is 1.84. The van der Waals surface area contributed by atoms with Crippen molar-refractivity contribution < 1.29 is 9.59 Å². The molecule has 20 heavy (non-hydrogen) atoms. The molecular formula is C11H15N7O2. The second-order valence-corrected chi connectivity index (χ2v) is 4.31. The van der Waals surface area contributed by atoms with Gasteiger partial charge in [-0.2, -0.15) is 10.2 Å². The van der Waals surface area contributed by atoms with Gasteiger partial charge >= 0.3 is 0 Å². The van der Waals surface area contributed by atoms with E-state index in [-0.39, 0.29) is 23.8 Å². The van der Waals surface area contributed by atoms with Crippen LogP contribution in [0, 0.1) is 6.92 Å². The first-order valence-electron chi connectivity index (χ1n) is 5.80. The standard InChI is InChI=1S/C11H15N7O2/c1-6-3-8(12)16-18(6)5-9(19)15-7-4-14-17(2)10(7)11(13)20/h3-4H,5H2,1-2H3,(H2,12,16)(H2,13,20)(H,15,19). The number of amides is 2. The molecule has 9 nitrogen and oxygen atoms in total. The second kappa shape index (κ2) is 5.03. The van der Waals surface area contributed by atoms with E-state index in [0.29, 0.717) is 5.82 Å². The first kappa shape index (κ1) is 13.6. The van der Waals surface area contributed by atoms with Crippen molar-refractivity contribution in [2.45, 2.75) is 13.5 Å². The Morgan fingerprint density at radius 3 is 2.70 bits per heavy atom. The molecule has 0 saturated heterocycles. The minimum Gasteiger partial charge on any atom is -0.382 e. The Morgan fingerprint density at radius 1 is 1.45 bits per heavy atom. The van der Waals surface area contributed by atoms with Gasteiger partial charge in [0, 0.05) is 18.8 Å². The molecule has 2 aromatic rings. The summed E-state index contributed by atoms with van der Waals surface area (Å²) in [5, 5.41) is 10.4. The monoisotopic (exact) mass is 277 g/mol. The Bertz CT molecular complexity index is 670. The van der Waals surface area contributed by atoms with Crippen LogP contribution in [0.25, 0.3) is 0 Å². The lowest BCUT2D eigenvalue weighted by Crippen LogP contribution is -2.23. The number of rotatable bonds is 4. The highest BCUT2D eigenvalue weighted by Gasteiger charge is 2.16. The van der Waals surface area contributed by atoms with Crippen LogP contribution >= 0.6 is 0 Å². The van der Waals surface area contributed by atoms with E-state index in [9.17, 15) is 9.59 Å². The predicted molar refractivity (Wildman–Crippen MR) is 71.7 cm³/mol. The topological polar surface area (TPSA) is 134 Å². The first-order chi connectivity index (χ1) is 9.38. The molecule has 0 radical (unpaired) electrons. The van der Waals surface area contributed by atoms with E-state index in [4.69, 9.17) is 11.5 Å². The molecule has 0 aliphatic heterocycles. The van der Waals surface area contributed by atoms with Gasteiger partial charge in [-0.25, -0.2) is 0 Å². The molecular weight excluding hydrogens is 262 g/mol. The summed E-state index contributed by atoms with van der Waals surface area (Å²) in [6.07, 6.45) is 1.36. The van der Waals surface area contributed by atoms with Gasteiger partial charge in [-0.15, -0.1) is 0 Å². The molecule has 2 heterocycles. The lowest BCUT2D eigenvalue weighted by atomic mass is 10.3. The number of carbonyl (C=O) groups excluding carboxylic acids is 2. The summed E-state index contributed by atoms with van der Waals surface area (Å²) in [5.74, 6) is -0.680. The van der Waals surface area contributed by atoms with Gasteiger partial charge < -0.3 is 16.8 Å². The van der Waals surface area contributed by atoms with E-state index in [1.807, 2.05) is 0 Å². The van der Waals surface area contributed by atoms with Crippen molar-refractivity contribution in [1.82, 2.24) is 19.6 Å². The molecule has 2 aromatic heterocycles. The number of anilines is 2. The van der Waals surface area contributed by atoms with Crippen LogP contribution in [-0.4, -0.2) is 31.4 Å². The van der Waals surface area contributed by atoms with Crippen molar-refractivity contribution >= 4 is 23.3 Å². The maximum atomic E-state index is 11.9. The van der Waals surface area contributed by atoms with Crippen molar-refractivity contribution in [2.24, 2.45) is 12.8 Å². The number of nitrogens with one attached hydrogen (secondary N) is 1. The normalized spacial score (nSPS) is 10.5. The fourth-order valence-corrected chi connectivity index (χ4v) is 1.84. The third-order valence-corrected chi connectivity index (χ3v) is 2.74. The van der Waals surface area contributed by atoms with Gasteiger partial charge in [0.15, 0.2) is 0 Å². The molecule has 0 atom stereocenters. The largest absolute Gasteiger partial charge is 0.382 e. The number of hydrogen-bond donors (Lipinski definition) is 3.